The molecule has 3 rings (SSSR count). The third-order valence-electron chi connectivity index (χ3n) is 5.79. The predicted molar refractivity (Wildman–Crippen MR) is 137 cm³/mol. The number of amides is 1. The molecule has 3 aromatic rings. The Kier molecular flexibility index (Phi) is 8.23. The van der Waals surface area contributed by atoms with Crippen molar-refractivity contribution in [2.24, 2.45) is 0 Å². The summed E-state index contributed by atoms with van der Waals surface area (Å²) in [5.74, 6) is -0.0951. The quantitative estimate of drug-likeness (QED) is 0.390. The Morgan fingerprint density at radius 2 is 1.81 bits per heavy atom. The number of imidazole rings is 1. The molecule has 12 heteroatoms. The molecule has 0 saturated heterocycles. The highest BCUT2D eigenvalue weighted by Crippen LogP contribution is 2.38. The van der Waals surface area contributed by atoms with Crippen molar-refractivity contribution in [2.75, 3.05) is 5.75 Å². The number of alkyl halides is 3. The lowest BCUT2D eigenvalue weighted by molar-refractivity contribution is -0.138. The summed E-state index contributed by atoms with van der Waals surface area (Å²) in [6.45, 7) is 8.69. The number of halogens is 4. The van der Waals surface area contributed by atoms with E-state index in [0.717, 1.165) is 0 Å². The summed E-state index contributed by atoms with van der Waals surface area (Å²) in [5.41, 5.74) is -0.317. The minimum absolute atomic E-state index is 0.0201. The molecule has 0 aliphatic carbocycles. The molecular formula is C25H28BrF3N4O3S. The Morgan fingerprint density at radius 3 is 2.35 bits per heavy atom. The second-order valence-corrected chi connectivity index (χ2v) is 12.7. The molecule has 0 aliphatic heterocycles. The van der Waals surface area contributed by atoms with Crippen LogP contribution in [0, 0.1) is 6.92 Å². The van der Waals surface area contributed by atoms with Gasteiger partial charge in [0.15, 0.2) is 9.84 Å². The van der Waals surface area contributed by atoms with E-state index < -0.39 is 32.9 Å². The smallest absolute Gasteiger partial charge is 0.345 e. The van der Waals surface area contributed by atoms with Crippen molar-refractivity contribution in [3.8, 4) is 0 Å². The fourth-order valence-electron chi connectivity index (χ4n) is 3.82. The minimum Gasteiger partial charge on any atom is -0.345 e. The number of pyridine rings is 1. The van der Waals surface area contributed by atoms with Gasteiger partial charge in [0, 0.05) is 28.3 Å². The molecule has 0 spiro atoms. The molecule has 0 bridgehead atoms. The van der Waals surface area contributed by atoms with E-state index in [4.69, 9.17) is 0 Å². The van der Waals surface area contributed by atoms with Gasteiger partial charge in [-0.1, -0.05) is 55.8 Å². The van der Waals surface area contributed by atoms with Crippen molar-refractivity contribution >= 4 is 31.7 Å². The van der Waals surface area contributed by atoms with Crippen molar-refractivity contribution in [3.63, 3.8) is 0 Å². The molecule has 200 valence electrons. The third kappa shape index (κ3) is 6.40. The number of carbonyl (C=O) groups is 1. The van der Waals surface area contributed by atoms with E-state index in [1.807, 2.05) is 20.8 Å². The normalized spacial score (nSPS) is 12.6. The standard InChI is InChI=1S/C25H28BrF3N4O3S/c1-6-37(35,36)18-11-10-17(30-13-18)12-31-22(34)21-15(2)33(23(32-21)24(3,4)5)14-16-8-7-9-19(26)20(16)25(27,28)29/h7-11,13H,6,12,14H2,1-5H3,(H,31,34). The molecule has 0 atom stereocenters. The van der Waals surface area contributed by atoms with Crippen LogP contribution in [0.2, 0.25) is 0 Å². The second kappa shape index (κ2) is 10.6. The third-order valence-corrected chi connectivity index (χ3v) is 8.17. The minimum atomic E-state index is -4.56. The lowest BCUT2D eigenvalue weighted by atomic mass is 9.95. The first kappa shape index (κ1) is 28.8. The van der Waals surface area contributed by atoms with Crippen molar-refractivity contribution in [2.45, 2.75) is 64.2 Å². The van der Waals surface area contributed by atoms with Crippen LogP contribution in [0.15, 0.2) is 45.9 Å². The van der Waals surface area contributed by atoms with Crippen molar-refractivity contribution in [3.05, 3.63) is 75.0 Å². The molecular weight excluding hydrogens is 573 g/mol. The summed E-state index contributed by atoms with van der Waals surface area (Å²) >= 11 is 3.01. The van der Waals surface area contributed by atoms with Crippen LogP contribution in [-0.4, -0.2) is 34.6 Å². The Labute approximate surface area is 222 Å². The van der Waals surface area contributed by atoms with Crippen LogP contribution >= 0.6 is 15.9 Å². The number of nitrogens with zero attached hydrogens (tertiary/aromatic N) is 3. The average Bonchev–Trinajstić information content (AvgIpc) is 3.13. The van der Waals surface area contributed by atoms with E-state index >= 15 is 0 Å². The van der Waals surface area contributed by atoms with Gasteiger partial charge in [0.25, 0.3) is 5.91 Å². The lowest BCUT2D eigenvalue weighted by Gasteiger charge is -2.22. The first-order valence-electron chi connectivity index (χ1n) is 11.4. The molecule has 1 N–H and O–H groups in total. The van der Waals surface area contributed by atoms with Crippen LogP contribution in [-0.2, 0) is 34.5 Å². The summed E-state index contributed by atoms with van der Waals surface area (Å²) in [4.78, 5) is 21.8. The average molecular weight is 601 g/mol. The summed E-state index contributed by atoms with van der Waals surface area (Å²) in [6.07, 6.45) is -3.32. The molecule has 1 aromatic carbocycles. The number of rotatable bonds is 7. The molecule has 2 heterocycles. The topological polar surface area (TPSA) is 94.0 Å². The predicted octanol–water partition coefficient (Wildman–Crippen LogP) is 5.44. The molecule has 0 fully saturated rings. The Balaban J connectivity index is 1.91. The van der Waals surface area contributed by atoms with E-state index in [0.29, 0.717) is 17.2 Å². The largest absolute Gasteiger partial charge is 0.417 e. The van der Waals surface area contributed by atoms with Crippen molar-refractivity contribution in [1.82, 2.24) is 19.9 Å². The molecule has 0 unspecified atom stereocenters. The first-order chi connectivity index (χ1) is 17.1. The highest BCUT2D eigenvalue weighted by atomic mass is 79.9. The summed E-state index contributed by atoms with van der Waals surface area (Å²) in [7, 11) is -3.39. The van der Waals surface area contributed by atoms with E-state index in [9.17, 15) is 26.4 Å². The summed E-state index contributed by atoms with van der Waals surface area (Å²) in [6, 6.07) is 7.24. The van der Waals surface area contributed by atoms with Gasteiger partial charge in [-0.3, -0.25) is 9.78 Å². The van der Waals surface area contributed by atoms with Gasteiger partial charge in [0.1, 0.15) is 11.5 Å². The SMILES string of the molecule is CCS(=O)(=O)c1ccc(CNC(=O)c2nc(C(C)(C)C)n(Cc3cccc(Br)c3C(F)(F)F)c2C)nc1. The van der Waals surface area contributed by atoms with E-state index in [2.05, 4.69) is 31.2 Å². The van der Waals surface area contributed by atoms with Gasteiger partial charge in [-0.25, -0.2) is 13.4 Å². The second-order valence-electron chi connectivity index (χ2n) is 9.55. The van der Waals surface area contributed by atoms with Crippen LogP contribution in [0.1, 0.15) is 66.5 Å². The summed E-state index contributed by atoms with van der Waals surface area (Å²) in [5, 5.41) is 2.71. The zero-order chi connectivity index (χ0) is 27.8. The van der Waals surface area contributed by atoms with Crippen LogP contribution in [0.25, 0.3) is 0 Å². The maximum absolute atomic E-state index is 13.8. The van der Waals surface area contributed by atoms with Crippen molar-refractivity contribution in [1.29, 1.82) is 0 Å². The number of hydrogen-bond donors (Lipinski definition) is 1. The molecule has 7 nitrogen and oxygen atoms in total. The van der Waals surface area contributed by atoms with Gasteiger partial charge >= 0.3 is 6.18 Å². The zero-order valence-corrected chi connectivity index (χ0v) is 23.5. The molecule has 1 amide bonds. The van der Waals surface area contributed by atoms with Crippen LogP contribution < -0.4 is 5.32 Å². The van der Waals surface area contributed by atoms with Crippen molar-refractivity contribution < 1.29 is 26.4 Å². The number of nitrogens with one attached hydrogen (secondary N) is 1. The number of aromatic nitrogens is 3. The number of hydrogen-bond acceptors (Lipinski definition) is 5. The molecule has 37 heavy (non-hydrogen) atoms. The maximum Gasteiger partial charge on any atom is 0.417 e. The lowest BCUT2D eigenvalue weighted by Crippen LogP contribution is -2.24. The van der Waals surface area contributed by atoms with E-state index in [-0.39, 0.29) is 39.5 Å². The Hall–Kier alpha value is -2.73. The molecule has 0 saturated carbocycles. The Morgan fingerprint density at radius 1 is 1.14 bits per heavy atom. The van der Waals surface area contributed by atoms with Gasteiger partial charge in [-0.2, -0.15) is 13.2 Å². The molecule has 0 radical (unpaired) electrons. The van der Waals surface area contributed by atoms with Gasteiger partial charge in [-0.05, 0) is 30.7 Å². The van der Waals surface area contributed by atoms with E-state index in [1.165, 1.54) is 43.5 Å². The molecule has 0 aliphatic rings. The fraction of sp³-hybridized carbons (Fsp3) is 0.400. The highest BCUT2D eigenvalue weighted by molar-refractivity contribution is 9.10. The van der Waals surface area contributed by atoms with Crippen LogP contribution in [0.3, 0.4) is 0 Å². The number of carbonyl (C=O) groups excluding carboxylic acids is 1. The Bertz CT molecular complexity index is 1410. The molecule has 2 aromatic heterocycles. The van der Waals surface area contributed by atoms with Gasteiger partial charge in [0.05, 0.1) is 28.5 Å². The number of sulfone groups is 1. The number of benzene rings is 1. The fourth-order valence-corrected chi connectivity index (χ4v) is 5.28. The highest BCUT2D eigenvalue weighted by Gasteiger charge is 2.36. The van der Waals surface area contributed by atoms with E-state index in [1.54, 1.807) is 11.5 Å². The van der Waals surface area contributed by atoms with Gasteiger partial charge in [-0.15, -0.1) is 0 Å². The van der Waals surface area contributed by atoms with Crippen LogP contribution in [0.4, 0.5) is 13.2 Å². The monoisotopic (exact) mass is 600 g/mol. The summed E-state index contributed by atoms with van der Waals surface area (Å²) < 4.78 is 66.9. The zero-order valence-electron chi connectivity index (χ0n) is 21.1. The maximum atomic E-state index is 13.8. The van der Waals surface area contributed by atoms with Crippen LogP contribution in [0.5, 0.6) is 0 Å². The van der Waals surface area contributed by atoms with Gasteiger partial charge < -0.3 is 9.88 Å². The first-order valence-corrected chi connectivity index (χ1v) is 13.9. The van der Waals surface area contributed by atoms with Gasteiger partial charge in [0.2, 0.25) is 0 Å².